The Balaban J connectivity index is 1.51. The number of halogens is 1. The Morgan fingerprint density at radius 3 is 2.45 bits per heavy atom. The largest absolute Gasteiger partial charge is 0.394 e. The fourth-order valence-electron chi connectivity index (χ4n) is 5.64. The first-order chi connectivity index (χ1) is 20.1. The van der Waals surface area contributed by atoms with Crippen molar-refractivity contribution in [2.45, 2.75) is 69.1 Å². The molecule has 2 aromatic rings. The maximum Gasteiger partial charge on any atom is 0.243 e. The summed E-state index contributed by atoms with van der Waals surface area (Å²) in [5.41, 5.74) is 7.93. The third-order valence-electron chi connectivity index (χ3n) is 7.79. The van der Waals surface area contributed by atoms with Crippen LogP contribution in [0.2, 0.25) is 5.02 Å². The van der Waals surface area contributed by atoms with E-state index < -0.39 is 40.3 Å². The Kier molecular flexibility index (Phi) is 11.0. The van der Waals surface area contributed by atoms with E-state index in [2.05, 4.69) is 10.0 Å². The predicted molar refractivity (Wildman–Crippen MR) is 158 cm³/mol. The molecule has 2 heterocycles. The quantitative estimate of drug-likeness (QED) is 0.278. The number of hydrogen-bond acceptors (Lipinski definition) is 7. The maximum absolute atomic E-state index is 13.9. The average Bonchev–Trinajstić information content (AvgIpc) is 3.65. The summed E-state index contributed by atoms with van der Waals surface area (Å²) in [6.07, 6.45) is 1.87. The highest BCUT2D eigenvalue weighted by atomic mass is 35.5. The third kappa shape index (κ3) is 8.07. The number of amides is 3. The minimum absolute atomic E-state index is 0.160. The Bertz CT molecular complexity index is 1380. The van der Waals surface area contributed by atoms with Gasteiger partial charge in [-0.2, -0.15) is 0 Å². The molecular weight excluding hydrogens is 582 g/mol. The molecule has 5 N–H and O–H groups in total. The summed E-state index contributed by atoms with van der Waals surface area (Å²) in [7, 11) is -4.03. The molecule has 2 aromatic carbocycles. The molecule has 0 bridgehead atoms. The van der Waals surface area contributed by atoms with Gasteiger partial charge in [-0.3, -0.25) is 14.4 Å². The zero-order valence-corrected chi connectivity index (χ0v) is 24.9. The van der Waals surface area contributed by atoms with Crippen LogP contribution in [0.25, 0.3) is 0 Å². The summed E-state index contributed by atoms with van der Waals surface area (Å²) in [4.78, 5) is 43.3. The van der Waals surface area contributed by atoms with Gasteiger partial charge < -0.3 is 26.0 Å². The van der Waals surface area contributed by atoms with Gasteiger partial charge in [0.05, 0.1) is 24.8 Å². The lowest BCUT2D eigenvalue weighted by Gasteiger charge is -2.30. The first kappa shape index (κ1) is 31.9. The average molecular weight is 620 g/mol. The molecule has 0 unspecified atom stereocenters. The van der Waals surface area contributed by atoms with Crippen molar-refractivity contribution in [1.82, 2.24) is 19.8 Å². The predicted octanol–water partition coefficient (Wildman–Crippen LogP) is 1.27. The molecule has 42 heavy (non-hydrogen) atoms. The SMILES string of the molecule is NCc1ccc(Cl)cc1CNC(=O)[C@@H]1CCCN1C(=O)[C@@H](CC(=O)N1CCC[C@@H]1CO)NS(=O)(=O)Cc1ccccc1. The summed E-state index contributed by atoms with van der Waals surface area (Å²) in [5, 5.41) is 13.1. The molecule has 0 saturated carbocycles. The van der Waals surface area contributed by atoms with Gasteiger partial charge in [-0.25, -0.2) is 13.1 Å². The van der Waals surface area contributed by atoms with Gasteiger partial charge in [0.25, 0.3) is 0 Å². The van der Waals surface area contributed by atoms with Crippen LogP contribution in [0.4, 0.5) is 0 Å². The van der Waals surface area contributed by atoms with Crippen molar-refractivity contribution in [1.29, 1.82) is 0 Å². The number of sulfonamides is 1. The van der Waals surface area contributed by atoms with Crippen molar-refractivity contribution >= 4 is 39.3 Å². The van der Waals surface area contributed by atoms with Crippen LogP contribution in [0.5, 0.6) is 0 Å². The highest BCUT2D eigenvalue weighted by Gasteiger charge is 2.40. The smallest absolute Gasteiger partial charge is 0.243 e. The second-order valence-electron chi connectivity index (χ2n) is 10.7. The molecule has 0 spiro atoms. The molecule has 228 valence electrons. The van der Waals surface area contributed by atoms with Gasteiger partial charge in [-0.1, -0.05) is 48.0 Å². The zero-order valence-electron chi connectivity index (χ0n) is 23.4. The number of aliphatic hydroxyl groups is 1. The monoisotopic (exact) mass is 619 g/mol. The van der Waals surface area contributed by atoms with E-state index in [1.165, 1.54) is 9.80 Å². The van der Waals surface area contributed by atoms with Crippen LogP contribution in [0.3, 0.4) is 0 Å². The van der Waals surface area contributed by atoms with Crippen molar-refractivity contribution in [2.24, 2.45) is 5.73 Å². The molecule has 2 aliphatic heterocycles. The number of rotatable bonds is 12. The van der Waals surface area contributed by atoms with E-state index in [0.29, 0.717) is 42.8 Å². The topological polar surface area (TPSA) is 162 Å². The number of carbonyl (C=O) groups excluding carboxylic acids is 3. The highest BCUT2D eigenvalue weighted by molar-refractivity contribution is 7.88. The number of likely N-dealkylation sites (tertiary alicyclic amines) is 2. The van der Waals surface area contributed by atoms with Crippen molar-refractivity contribution in [2.75, 3.05) is 19.7 Å². The zero-order chi connectivity index (χ0) is 30.3. The first-order valence-corrected chi connectivity index (χ1v) is 16.1. The molecule has 0 aliphatic carbocycles. The summed E-state index contributed by atoms with van der Waals surface area (Å²) in [5.74, 6) is -1.83. The molecule has 2 fully saturated rings. The minimum Gasteiger partial charge on any atom is -0.394 e. The second-order valence-corrected chi connectivity index (χ2v) is 12.9. The Hall–Kier alpha value is -3.03. The summed E-state index contributed by atoms with van der Waals surface area (Å²) < 4.78 is 28.8. The highest BCUT2D eigenvalue weighted by Crippen LogP contribution is 2.23. The van der Waals surface area contributed by atoms with E-state index in [0.717, 1.165) is 11.1 Å². The molecule has 0 aromatic heterocycles. The molecule has 3 amide bonds. The normalized spacial score (nSPS) is 19.6. The number of nitrogens with one attached hydrogen (secondary N) is 2. The van der Waals surface area contributed by atoms with E-state index in [1.54, 1.807) is 48.5 Å². The van der Waals surface area contributed by atoms with E-state index >= 15 is 0 Å². The van der Waals surface area contributed by atoms with Crippen LogP contribution in [0.15, 0.2) is 48.5 Å². The number of hydrogen-bond donors (Lipinski definition) is 4. The van der Waals surface area contributed by atoms with Crippen molar-refractivity contribution in [3.8, 4) is 0 Å². The van der Waals surface area contributed by atoms with E-state index in [9.17, 15) is 27.9 Å². The number of nitrogens with zero attached hydrogens (tertiary/aromatic N) is 2. The molecule has 13 heteroatoms. The fourth-order valence-corrected chi connectivity index (χ4v) is 7.17. The third-order valence-corrected chi connectivity index (χ3v) is 9.38. The first-order valence-electron chi connectivity index (χ1n) is 14.1. The lowest BCUT2D eigenvalue weighted by molar-refractivity contribution is -0.142. The van der Waals surface area contributed by atoms with Crippen LogP contribution < -0.4 is 15.8 Å². The number of nitrogens with two attached hydrogens (primary N) is 1. The summed E-state index contributed by atoms with van der Waals surface area (Å²) in [6.45, 7) is 0.884. The Morgan fingerprint density at radius 1 is 1.02 bits per heavy atom. The lowest BCUT2D eigenvalue weighted by Crippen LogP contribution is -2.55. The van der Waals surface area contributed by atoms with Gasteiger partial charge in [0.1, 0.15) is 12.1 Å². The van der Waals surface area contributed by atoms with Gasteiger partial charge in [0, 0.05) is 31.2 Å². The van der Waals surface area contributed by atoms with Crippen LogP contribution in [-0.4, -0.2) is 78.9 Å². The number of benzene rings is 2. The van der Waals surface area contributed by atoms with Crippen molar-refractivity contribution < 1.29 is 27.9 Å². The Morgan fingerprint density at radius 2 is 1.74 bits per heavy atom. The van der Waals surface area contributed by atoms with Crippen molar-refractivity contribution in [3.63, 3.8) is 0 Å². The van der Waals surface area contributed by atoms with E-state index in [-0.39, 0.29) is 43.9 Å². The van der Waals surface area contributed by atoms with Crippen LogP contribution in [-0.2, 0) is 43.2 Å². The number of carbonyl (C=O) groups is 3. The number of aliphatic hydroxyl groups excluding tert-OH is 1. The van der Waals surface area contributed by atoms with E-state index in [4.69, 9.17) is 17.3 Å². The van der Waals surface area contributed by atoms with E-state index in [1.807, 2.05) is 0 Å². The molecule has 3 atom stereocenters. The molecule has 2 saturated heterocycles. The molecular formula is C29H38ClN5O6S. The molecule has 2 aliphatic rings. The second kappa shape index (κ2) is 14.4. The van der Waals surface area contributed by atoms with Gasteiger partial charge in [0.2, 0.25) is 27.7 Å². The van der Waals surface area contributed by atoms with Gasteiger partial charge in [0.15, 0.2) is 0 Å². The van der Waals surface area contributed by atoms with Crippen molar-refractivity contribution in [3.05, 3.63) is 70.2 Å². The van der Waals surface area contributed by atoms with Crippen LogP contribution in [0.1, 0.15) is 48.8 Å². The Labute approximate surface area is 251 Å². The lowest BCUT2D eigenvalue weighted by atomic mass is 10.1. The maximum atomic E-state index is 13.9. The van der Waals surface area contributed by atoms with Crippen LogP contribution in [0, 0.1) is 0 Å². The summed E-state index contributed by atoms with van der Waals surface area (Å²) >= 11 is 6.12. The molecule has 4 rings (SSSR count). The molecule has 0 radical (unpaired) electrons. The summed E-state index contributed by atoms with van der Waals surface area (Å²) in [6, 6.07) is 11.2. The van der Waals surface area contributed by atoms with Gasteiger partial charge in [-0.05, 0) is 54.5 Å². The minimum atomic E-state index is -4.03. The molecule has 11 nitrogen and oxygen atoms in total. The fraction of sp³-hybridized carbons (Fsp3) is 0.483. The van der Waals surface area contributed by atoms with Gasteiger partial charge in [-0.15, -0.1) is 0 Å². The standard InChI is InChI=1S/C29H38ClN5O6S/c30-23-11-10-21(16-31)22(14-23)17-32-28(38)26-9-5-13-35(26)29(39)25(15-27(37)34-12-4-8-24(34)18-36)33-42(40,41)19-20-6-2-1-3-7-20/h1-3,6-7,10-11,14,24-26,33,36H,4-5,8-9,12-13,15-19,31H2,(H,32,38)/t24-,25-,26+/m1/s1. The van der Waals surface area contributed by atoms with Gasteiger partial charge >= 0.3 is 0 Å². The van der Waals surface area contributed by atoms with Crippen LogP contribution >= 0.6 is 11.6 Å².